The van der Waals surface area contributed by atoms with E-state index in [1.807, 2.05) is 29.9 Å². The molecule has 15 heavy (non-hydrogen) atoms. The van der Waals surface area contributed by atoms with Crippen LogP contribution in [0.2, 0.25) is 0 Å². The summed E-state index contributed by atoms with van der Waals surface area (Å²) in [6, 6.07) is 4.04. The van der Waals surface area contributed by atoms with Gasteiger partial charge in [-0.2, -0.15) is 0 Å². The number of rotatable bonds is 6. The van der Waals surface area contributed by atoms with Gasteiger partial charge in [0.15, 0.2) is 0 Å². The lowest BCUT2D eigenvalue weighted by atomic mass is 10.4. The van der Waals surface area contributed by atoms with Crippen molar-refractivity contribution < 1.29 is 8.42 Å². The van der Waals surface area contributed by atoms with Crippen molar-refractivity contribution in [2.24, 2.45) is 7.05 Å². The first-order valence-electron chi connectivity index (χ1n) is 4.98. The zero-order chi connectivity index (χ0) is 11.3. The van der Waals surface area contributed by atoms with Crippen LogP contribution in [0.15, 0.2) is 18.3 Å². The van der Waals surface area contributed by atoms with Crippen LogP contribution in [0, 0.1) is 0 Å². The van der Waals surface area contributed by atoms with Gasteiger partial charge in [-0.25, -0.2) is 8.42 Å². The van der Waals surface area contributed by atoms with E-state index in [4.69, 9.17) is 0 Å². The summed E-state index contributed by atoms with van der Waals surface area (Å²) in [4.78, 5) is 0. The lowest BCUT2D eigenvalue weighted by Gasteiger charge is -2.05. The fraction of sp³-hybridized carbons (Fsp3) is 0.600. The van der Waals surface area contributed by atoms with Crippen molar-refractivity contribution in [2.75, 3.05) is 18.6 Å². The van der Waals surface area contributed by atoms with Crippen molar-refractivity contribution in [2.45, 2.75) is 13.0 Å². The number of hydrogen-bond donors (Lipinski definition) is 1. The molecule has 0 unspecified atom stereocenters. The second kappa shape index (κ2) is 5.32. The Labute approximate surface area is 91.2 Å². The van der Waals surface area contributed by atoms with E-state index < -0.39 is 9.84 Å². The zero-order valence-corrected chi connectivity index (χ0v) is 10.0. The zero-order valence-electron chi connectivity index (χ0n) is 9.23. The highest BCUT2D eigenvalue weighted by atomic mass is 32.2. The molecule has 1 N–H and O–H groups in total. The number of aryl methyl sites for hydroxylation is 1. The van der Waals surface area contributed by atoms with Crippen LogP contribution >= 0.6 is 0 Å². The average molecular weight is 230 g/mol. The fourth-order valence-corrected chi connectivity index (χ4v) is 2.02. The van der Waals surface area contributed by atoms with Crippen LogP contribution in [-0.4, -0.2) is 31.5 Å². The van der Waals surface area contributed by atoms with Crippen molar-refractivity contribution in [3.05, 3.63) is 24.0 Å². The minimum atomic E-state index is -2.81. The predicted octanol–water partition coefficient (Wildman–Crippen LogP) is 0.549. The van der Waals surface area contributed by atoms with Crippen molar-refractivity contribution in [1.29, 1.82) is 0 Å². The van der Waals surface area contributed by atoms with Crippen LogP contribution in [0.25, 0.3) is 0 Å². The van der Waals surface area contributed by atoms with Gasteiger partial charge in [-0.3, -0.25) is 0 Å². The maximum absolute atomic E-state index is 10.8. The molecule has 1 heterocycles. The van der Waals surface area contributed by atoms with Gasteiger partial charge in [0.2, 0.25) is 0 Å². The Morgan fingerprint density at radius 3 is 2.73 bits per heavy atom. The summed E-state index contributed by atoms with van der Waals surface area (Å²) in [5.74, 6) is 0.257. The maximum atomic E-state index is 10.8. The first kappa shape index (κ1) is 12.3. The van der Waals surface area contributed by atoms with Crippen LogP contribution in [-0.2, 0) is 23.4 Å². The molecular weight excluding hydrogens is 212 g/mol. The van der Waals surface area contributed by atoms with E-state index in [1.165, 1.54) is 11.9 Å². The molecule has 1 aromatic rings. The van der Waals surface area contributed by atoms with Crippen molar-refractivity contribution in [3.63, 3.8) is 0 Å². The third-order valence-electron chi connectivity index (χ3n) is 2.23. The summed E-state index contributed by atoms with van der Waals surface area (Å²) in [5.41, 5.74) is 1.20. The molecule has 0 radical (unpaired) electrons. The normalized spacial score (nSPS) is 11.9. The van der Waals surface area contributed by atoms with Crippen LogP contribution in [0.1, 0.15) is 12.1 Å². The van der Waals surface area contributed by atoms with E-state index in [1.54, 1.807) is 0 Å². The lowest BCUT2D eigenvalue weighted by molar-refractivity contribution is 0.592. The van der Waals surface area contributed by atoms with E-state index in [-0.39, 0.29) is 5.75 Å². The topological polar surface area (TPSA) is 51.1 Å². The van der Waals surface area contributed by atoms with Gasteiger partial charge < -0.3 is 9.88 Å². The van der Waals surface area contributed by atoms with Crippen molar-refractivity contribution in [3.8, 4) is 0 Å². The SMILES string of the molecule is Cn1cccc1CNCCCS(C)(=O)=O. The van der Waals surface area contributed by atoms with Gasteiger partial charge in [-0.15, -0.1) is 0 Å². The summed E-state index contributed by atoms with van der Waals surface area (Å²) >= 11 is 0. The minimum absolute atomic E-state index is 0.257. The van der Waals surface area contributed by atoms with Crippen LogP contribution in [0.5, 0.6) is 0 Å². The quantitative estimate of drug-likeness (QED) is 0.726. The van der Waals surface area contributed by atoms with Gasteiger partial charge in [-0.05, 0) is 25.1 Å². The Hall–Kier alpha value is -0.810. The molecular formula is C10H18N2O2S. The Morgan fingerprint density at radius 2 is 2.20 bits per heavy atom. The Balaban J connectivity index is 2.15. The standard InChI is InChI=1S/C10H18N2O2S/c1-12-7-3-5-10(12)9-11-6-4-8-15(2,13)14/h3,5,7,11H,4,6,8-9H2,1-2H3. The van der Waals surface area contributed by atoms with Gasteiger partial charge in [0.1, 0.15) is 9.84 Å². The van der Waals surface area contributed by atoms with Gasteiger partial charge in [-0.1, -0.05) is 0 Å². The lowest BCUT2D eigenvalue weighted by Crippen LogP contribution is -2.19. The summed E-state index contributed by atoms with van der Waals surface area (Å²) < 4.78 is 23.7. The first-order valence-corrected chi connectivity index (χ1v) is 7.04. The highest BCUT2D eigenvalue weighted by Crippen LogP contribution is 1.98. The molecule has 0 aliphatic carbocycles. The fourth-order valence-electron chi connectivity index (χ4n) is 1.36. The molecule has 0 amide bonds. The minimum Gasteiger partial charge on any atom is -0.353 e. The molecule has 0 fully saturated rings. The third kappa shape index (κ3) is 4.99. The van der Waals surface area contributed by atoms with E-state index >= 15 is 0 Å². The van der Waals surface area contributed by atoms with Crippen LogP contribution < -0.4 is 5.32 Å². The molecule has 0 saturated carbocycles. The van der Waals surface area contributed by atoms with Gasteiger partial charge >= 0.3 is 0 Å². The summed E-state index contributed by atoms with van der Waals surface area (Å²) in [6.07, 6.45) is 3.93. The molecule has 5 heteroatoms. The molecule has 0 spiro atoms. The van der Waals surface area contributed by atoms with E-state index in [9.17, 15) is 8.42 Å². The van der Waals surface area contributed by atoms with Crippen LogP contribution in [0.3, 0.4) is 0 Å². The molecule has 0 atom stereocenters. The summed E-state index contributed by atoms with van der Waals surface area (Å²) in [6.45, 7) is 1.52. The summed E-state index contributed by atoms with van der Waals surface area (Å²) in [7, 11) is -0.818. The molecule has 1 rings (SSSR count). The van der Waals surface area contributed by atoms with E-state index in [0.717, 1.165) is 13.1 Å². The maximum Gasteiger partial charge on any atom is 0.147 e. The Morgan fingerprint density at radius 1 is 1.47 bits per heavy atom. The van der Waals surface area contributed by atoms with Crippen molar-refractivity contribution in [1.82, 2.24) is 9.88 Å². The molecule has 0 aromatic carbocycles. The van der Waals surface area contributed by atoms with Crippen LogP contribution in [0.4, 0.5) is 0 Å². The Kier molecular flexibility index (Phi) is 4.35. The first-order chi connectivity index (χ1) is 6.99. The smallest absolute Gasteiger partial charge is 0.147 e. The second-order valence-electron chi connectivity index (χ2n) is 3.77. The van der Waals surface area contributed by atoms with Gasteiger partial charge in [0, 0.05) is 31.7 Å². The molecule has 4 nitrogen and oxygen atoms in total. The molecule has 1 aromatic heterocycles. The largest absolute Gasteiger partial charge is 0.353 e. The Bertz CT molecular complexity index is 395. The highest BCUT2D eigenvalue weighted by Gasteiger charge is 2.01. The monoisotopic (exact) mass is 230 g/mol. The second-order valence-corrected chi connectivity index (χ2v) is 6.03. The molecule has 86 valence electrons. The van der Waals surface area contributed by atoms with E-state index in [2.05, 4.69) is 5.32 Å². The van der Waals surface area contributed by atoms with Gasteiger partial charge in [0.05, 0.1) is 5.75 Å². The molecule has 0 bridgehead atoms. The highest BCUT2D eigenvalue weighted by molar-refractivity contribution is 7.90. The number of aromatic nitrogens is 1. The molecule has 0 aliphatic rings. The molecule has 0 saturated heterocycles. The average Bonchev–Trinajstić information content (AvgIpc) is 2.49. The number of hydrogen-bond acceptors (Lipinski definition) is 3. The van der Waals surface area contributed by atoms with Crippen molar-refractivity contribution >= 4 is 9.84 Å². The third-order valence-corrected chi connectivity index (χ3v) is 3.26. The van der Waals surface area contributed by atoms with Gasteiger partial charge in [0.25, 0.3) is 0 Å². The molecule has 0 aliphatic heterocycles. The predicted molar refractivity (Wildman–Crippen MR) is 61.4 cm³/mol. The number of sulfone groups is 1. The van der Waals surface area contributed by atoms with E-state index in [0.29, 0.717) is 6.42 Å². The number of nitrogens with one attached hydrogen (secondary N) is 1. The number of nitrogens with zero attached hydrogens (tertiary/aromatic N) is 1. The summed E-state index contributed by atoms with van der Waals surface area (Å²) in [5, 5.41) is 3.22.